The average Bonchev–Trinajstić information content (AvgIpc) is 3.25. The van der Waals surface area contributed by atoms with Crippen molar-refractivity contribution in [2.75, 3.05) is 34.8 Å². The van der Waals surface area contributed by atoms with Gasteiger partial charge in [-0.25, -0.2) is 0 Å². The summed E-state index contributed by atoms with van der Waals surface area (Å²) in [4.78, 5) is 40.9. The molecule has 0 aromatic rings. The van der Waals surface area contributed by atoms with Gasteiger partial charge in [0.15, 0.2) is 24.7 Å². The fourth-order valence-corrected chi connectivity index (χ4v) is 9.36. The lowest BCUT2D eigenvalue weighted by molar-refractivity contribution is -0.341. The van der Waals surface area contributed by atoms with Crippen molar-refractivity contribution in [2.24, 2.45) is 23.7 Å². The Hall–Kier alpha value is -2.27. The first-order chi connectivity index (χ1) is 31.3. The van der Waals surface area contributed by atoms with Gasteiger partial charge in [0, 0.05) is 48.9 Å². The Morgan fingerprint density at radius 1 is 0.906 bits per heavy atom. The summed E-state index contributed by atoms with van der Waals surface area (Å²) < 4.78 is 79.1. The summed E-state index contributed by atoms with van der Waals surface area (Å²) in [6.45, 7) is 10.3. The molecule has 0 bridgehead atoms. The van der Waals surface area contributed by atoms with E-state index >= 15 is 0 Å². The highest BCUT2D eigenvalue weighted by molar-refractivity contribution is 5.91. The standard InChI is InChI=1S/C46H77NO17/c1-13-33-30(22-58-45-42(57-12)41(56-11)37(52)26(5)60-45)18-23(2)14-15-31(49)24(3)19-29(16-17-48)39(25(4)32(50)20-34(51)62-33)64-44-38(53)36(47(9)10)40(27(6)61-44)63-35-21-46(8,55)43(54)28(7)59-35/h14-15,17-18,24-30,32-33,35-45,50,52-55H,13,16,19-22H2,1-12H3/b15-14+,23-18+/t24-,25+,26-,27-,28+,29+,30?,32-,33-,35+,36-,37-,38-,39-,40-,41-,42-,43+,44+,45-,46-/m1/s1/i9D3. The molecule has 368 valence electrons. The molecule has 0 aromatic carbocycles. The van der Waals surface area contributed by atoms with Crippen LogP contribution in [0.2, 0.25) is 0 Å². The Morgan fingerprint density at radius 2 is 1.58 bits per heavy atom. The Morgan fingerprint density at radius 3 is 2.19 bits per heavy atom. The van der Waals surface area contributed by atoms with E-state index in [9.17, 15) is 39.9 Å². The van der Waals surface area contributed by atoms with E-state index in [-0.39, 0.29) is 31.7 Å². The van der Waals surface area contributed by atoms with Gasteiger partial charge in [0.25, 0.3) is 0 Å². The summed E-state index contributed by atoms with van der Waals surface area (Å²) in [6.07, 6.45) is -11.3. The number of hydrogen-bond acceptors (Lipinski definition) is 18. The predicted octanol–water partition coefficient (Wildman–Crippen LogP) is 1.83. The van der Waals surface area contributed by atoms with Crippen molar-refractivity contribution in [1.82, 2.24) is 4.90 Å². The Kier molecular flexibility index (Phi) is 18.7. The lowest BCUT2D eigenvalue weighted by atomic mass is 9.79. The molecule has 0 saturated carbocycles. The molecule has 4 rings (SSSR count). The minimum absolute atomic E-state index is 0.0456. The van der Waals surface area contributed by atoms with Gasteiger partial charge >= 0.3 is 5.97 Å². The summed E-state index contributed by atoms with van der Waals surface area (Å²) in [7, 11) is 4.17. The molecule has 1 unspecified atom stereocenters. The normalized spacial score (nSPS) is 46.8. The molecule has 18 nitrogen and oxygen atoms in total. The molecule has 3 fully saturated rings. The predicted molar refractivity (Wildman–Crippen MR) is 230 cm³/mol. The Labute approximate surface area is 382 Å². The monoisotopic (exact) mass is 919 g/mol. The van der Waals surface area contributed by atoms with Crippen LogP contribution in [0.25, 0.3) is 0 Å². The van der Waals surface area contributed by atoms with Crippen LogP contribution in [0, 0.1) is 23.7 Å². The van der Waals surface area contributed by atoms with Crippen LogP contribution in [-0.4, -0.2) is 187 Å². The second-order valence-electron chi connectivity index (χ2n) is 18.4. The largest absolute Gasteiger partial charge is 0.462 e. The molecule has 5 N–H and O–H groups in total. The quantitative estimate of drug-likeness (QED) is 0.131. The number of cyclic esters (lactones) is 1. The lowest BCUT2D eigenvalue weighted by Crippen LogP contribution is -2.65. The molecule has 21 atom stereocenters. The molecule has 0 aliphatic carbocycles. The smallest absolute Gasteiger partial charge is 0.308 e. The molecule has 4 heterocycles. The van der Waals surface area contributed by atoms with Crippen molar-refractivity contribution < 1.29 is 86.7 Å². The van der Waals surface area contributed by atoms with E-state index in [4.69, 9.17) is 46.7 Å². The number of likely N-dealkylation sites (N-methyl/N-ethyl adjacent to an activating group) is 1. The third kappa shape index (κ3) is 13.5. The fourth-order valence-electron chi connectivity index (χ4n) is 9.36. The number of aliphatic hydroxyl groups excluding tert-OH is 4. The molecule has 0 radical (unpaired) electrons. The number of aliphatic hydroxyl groups is 5. The van der Waals surface area contributed by atoms with Gasteiger partial charge in [-0.15, -0.1) is 0 Å². The Balaban J connectivity index is 1.66. The fraction of sp³-hybridized carbons (Fsp3) is 0.848. The van der Waals surface area contributed by atoms with Crippen LogP contribution in [0.5, 0.6) is 0 Å². The summed E-state index contributed by atoms with van der Waals surface area (Å²) in [6, 6.07) is -1.35. The van der Waals surface area contributed by atoms with Crippen molar-refractivity contribution in [1.29, 1.82) is 0 Å². The maximum Gasteiger partial charge on any atom is 0.308 e. The second-order valence-corrected chi connectivity index (χ2v) is 18.4. The van der Waals surface area contributed by atoms with E-state index in [1.54, 1.807) is 47.6 Å². The van der Waals surface area contributed by atoms with E-state index in [0.29, 0.717) is 18.3 Å². The van der Waals surface area contributed by atoms with Gasteiger partial charge in [0.2, 0.25) is 0 Å². The molecular formula is C46H77NO17. The number of ether oxygens (including phenoxy) is 9. The first-order valence-electron chi connectivity index (χ1n) is 23.9. The van der Waals surface area contributed by atoms with E-state index < -0.39 is 147 Å². The second kappa shape index (κ2) is 24.1. The van der Waals surface area contributed by atoms with Gasteiger partial charge in [0.05, 0.1) is 55.2 Å². The van der Waals surface area contributed by atoms with Crippen LogP contribution >= 0.6 is 0 Å². The SMILES string of the molecule is [2H]C([2H])([2H])N(C)[C@@H]1[C@@H](O)[C@H](O[C@H]2[C@@H](CC=O)C[C@@H](C)C(=O)/C=C/C(C)=C/C(CO[C@@H]3O[C@H](C)[C@@H](O)[C@@H](OC)[C@H]3OC)[C@@H](CC)OC(=O)C[C@@H](O)[C@@H]2C)O[C@H](C)[C@H]1O[C@H]1C[C@@](C)(O)[C@@H](O)[C@H](C)O1. The maximum atomic E-state index is 13.8. The number of nitrogens with zero attached hydrogens (tertiary/aromatic N) is 1. The Bertz CT molecular complexity index is 1670. The number of aldehydes is 1. The summed E-state index contributed by atoms with van der Waals surface area (Å²) in [5.41, 5.74) is -0.974. The van der Waals surface area contributed by atoms with Gasteiger partial charge < -0.3 is 77.9 Å². The molecule has 0 aromatic heterocycles. The first-order valence-corrected chi connectivity index (χ1v) is 22.4. The van der Waals surface area contributed by atoms with Gasteiger partial charge in [-0.05, 0) is 73.5 Å². The van der Waals surface area contributed by atoms with Crippen molar-refractivity contribution in [3.8, 4) is 0 Å². The molecule has 4 aliphatic heterocycles. The van der Waals surface area contributed by atoms with E-state index in [1.165, 1.54) is 34.3 Å². The van der Waals surface area contributed by atoms with E-state index in [2.05, 4.69) is 0 Å². The van der Waals surface area contributed by atoms with Gasteiger partial charge in [-0.3, -0.25) is 9.59 Å². The van der Waals surface area contributed by atoms with Crippen LogP contribution < -0.4 is 0 Å². The molecule has 0 amide bonds. The minimum atomic E-state index is -2.77. The number of carbonyl (C=O) groups is 3. The van der Waals surface area contributed by atoms with Crippen LogP contribution in [0.15, 0.2) is 23.8 Å². The number of esters is 1. The number of carbonyl (C=O) groups excluding carboxylic acids is 3. The summed E-state index contributed by atoms with van der Waals surface area (Å²) >= 11 is 0. The highest BCUT2D eigenvalue weighted by Gasteiger charge is 2.52. The topological polar surface area (TPSA) is 239 Å². The van der Waals surface area contributed by atoms with Crippen LogP contribution in [0.1, 0.15) is 91.6 Å². The van der Waals surface area contributed by atoms with Crippen molar-refractivity contribution >= 4 is 18.0 Å². The number of rotatable bonds is 13. The van der Waals surface area contributed by atoms with Crippen molar-refractivity contribution in [3.05, 3.63) is 23.8 Å². The van der Waals surface area contributed by atoms with Gasteiger partial charge in [-0.1, -0.05) is 38.5 Å². The van der Waals surface area contributed by atoms with E-state index in [0.717, 1.165) is 4.90 Å². The summed E-state index contributed by atoms with van der Waals surface area (Å²) in [5, 5.41) is 56.0. The third-order valence-corrected chi connectivity index (χ3v) is 13.3. The number of methoxy groups -OCH3 is 2. The first kappa shape index (κ1) is 49.6. The molecule has 0 spiro atoms. The van der Waals surface area contributed by atoms with Crippen molar-refractivity contribution in [2.45, 2.75) is 191 Å². The summed E-state index contributed by atoms with van der Waals surface area (Å²) in [5.74, 6) is -4.09. The van der Waals surface area contributed by atoms with Crippen LogP contribution in [0.3, 0.4) is 0 Å². The molecule has 18 heteroatoms. The highest BCUT2D eigenvalue weighted by Crippen LogP contribution is 2.37. The maximum absolute atomic E-state index is 13.8. The van der Waals surface area contributed by atoms with E-state index in [1.807, 2.05) is 13.0 Å². The van der Waals surface area contributed by atoms with Gasteiger partial charge in [0.1, 0.15) is 49.0 Å². The average molecular weight is 919 g/mol. The molecule has 3 saturated heterocycles. The highest BCUT2D eigenvalue weighted by atomic mass is 16.7. The molecule has 4 aliphatic rings. The lowest BCUT2D eigenvalue weighted by Gasteiger charge is -2.50. The van der Waals surface area contributed by atoms with Crippen molar-refractivity contribution in [3.63, 3.8) is 0 Å². The molecular weight excluding hydrogens is 838 g/mol. The zero-order chi connectivity index (χ0) is 50.3. The zero-order valence-electron chi connectivity index (χ0n) is 42.2. The minimum Gasteiger partial charge on any atom is -0.462 e. The van der Waals surface area contributed by atoms with Gasteiger partial charge in [-0.2, -0.15) is 0 Å². The van der Waals surface area contributed by atoms with Crippen LogP contribution in [-0.2, 0) is 57.0 Å². The third-order valence-electron chi connectivity index (χ3n) is 13.3. The zero-order valence-corrected chi connectivity index (χ0v) is 39.2. The number of hydrogen-bond donors (Lipinski definition) is 5. The van der Waals surface area contributed by atoms with Crippen LogP contribution in [0.4, 0.5) is 0 Å². The number of ketones is 1. The number of allylic oxidation sites excluding steroid dienone is 3. The molecule has 64 heavy (non-hydrogen) atoms.